The summed E-state index contributed by atoms with van der Waals surface area (Å²) in [6.07, 6.45) is 7.46. The number of hydrogen-bond acceptors (Lipinski definition) is 5. The van der Waals surface area contributed by atoms with Crippen LogP contribution in [0.15, 0.2) is 0 Å². The zero-order valence-electron chi connectivity index (χ0n) is 17.7. The molecule has 0 saturated heterocycles. The van der Waals surface area contributed by atoms with E-state index in [-0.39, 0.29) is 34.7 Å². The van der Waals surface area contributed by atoms with Crippen LogP contribution < -0.4 is 0 Å². The zero-order chi connectivity index (χ0) is 20.3. The topological polar surface area (TPSA) is 69.7 Å². The lowest BCUT2D eigenvalue weighted by molar-refractivity contribution is -0.169. The fourth-order valence-electron chi connectivity index (χ4n) is 7.68. The predicted molar refractivity (Wildman–Crippen MR) is 103 cm³/mol. The Morgan fingerprint density at radius 2 is 1.57 bits per heavy atom. The molecule has 0 aromatic carbocycles. The van der Waals surface area contributed by atoms with E-state index in [1.165, 1.54) is 13.8 Å². The Hall–Kier alpha value is -1.39. The summed E-state index contributed by atoms with van der Waals surface area (Å²) in [5.41, 5.74) is 0.0610. The molecule has 0 spiro atoms. The number of Topliss-reactive ketones (excluding diaryl/α,β-unsaturated/α-hetero) is 1. The Labute approximate surface area is 167 Å². The molecule has 0 N–H and O–H groups in total. The van der Waals surface area contributed by atoms with E-state index in [0.29, 0.717) is 30.1 Å². The van der Waals surface area contributed by atoms with Crippen LogP contribution in [0.2, 0.25) is 0 Å². The van der Waals surface area contributed by atoms with Crippen molar-refractivity contribution >= 4 is 17.7 Å². The number of ketones is 1. The van der Waals surface area contributed by atoms with Crippen molar-refractivity contribution < 1.29 is 23.9 Å². The summed E-state index contributed by atoms with van der Waals surface area (Å²) < 4.78 is 11.1. The molecule has 8 atom stereocenters. The van der Waals surface area contributed by atoms with E-state index in [0.717, 1.165) is 44.9 Å². The van der Waals surface area contributed by atoms with Gasteiger partial charge in [-0.15, -0.1) is 0 Å². The maximum absolute atomic E-state index is 12.7. The Bertz CT molecular complexity index is 686. The highest BCUT2D eigenvalue weighted by atomic mass is 16.5. The molecule has 5 heteroatoms. The number of carbonyl (C=O) groups is 3. The average Bonchev–Trinajstić information content (AvgIpc) is 2.85. The molecule has 0 radical (unpaired) electrons. The van der Waals surface area contributed by atoms with E-state index >= 15 is 0 Å². The van der Waals surface area contributed by atoms with Crippen LogP contribution in [0.3, 0.4) is 0 Å². The highest BCUT2D eigenvalue weighted by Gasteiger charge is 2.63. The summed E-state index contributed by atoms with van der Waals surface area (Å²) >= 11 is 0. The van der Waals surface area contributed by atoms with Gasteiger partial charge in [0.1, 0.15) is 6.10 Å². The van der Waals surface area contributed by atoms with Crippen molar-refractivity contribution in [2.24, 2.45) is 34.5 Å². The van der Waals surface area contributed by atoms with Crippen molar-refractivity contribution in [2.45, 2.75) is 91.3 Å². The SMILES string of the molecule is CC(=O)O[C@@H]1CC[C@@]2(C)[C@@H](CC[C@H]3[C@H]2CC[C@]2(C)[C@H](OC(C)=O)C(=O)C[C@@H]32)C1. The number of ether oxygens (including phenoxy) is 2. The van der Waals surface area contributed by atoms with Gasteiger partial charge in [0.2, 0.25) is 0 Å². The van der Waals surface area contributed by atoms with Crippen molar-refractivity contribution in [3.05, 3.63) is 0 Å². The second-order valence-electron chi connectivity index (χ2n) is 10.4. The monoisotopic (exact) mass is 390 g/mol. The fraction of sp³-hybridized carbons (Fsp3) is 0.870. The first-order valence-corrected chi connectivity index (χ1v) is 11.0. The van der Waals surface area contributed by atoms with Gasteiger partial charge in [-0.2, -0.15) is 0 Å². The quantitative estimate of drug-likeness (QED) is 0.665. The summed E-state index contributed by atoms with van der Waals surface area (Å²) in [5.74, 6) is 1.68. The smallest absolute Gasteiger partial charge is 0.303 e. The Kier molecular flexibility index (Phi) is 4.86. The molecule has 0 aliphatic heterocycles. The van der Waals surface area contributed by atoms with E-state index in [1.807, 2.05) is 0 Å². The standard InChI is InChI=1S/C23H34O5/c1-13(24)27-16-7-9-22(3)15(11-16)5-6-17-18(22)8-10-23(4)19(17)12-20(26)21(23)28-14(2)25/h15-19,21H,5-12H2,1-4H3/t15-,16+,17-,18+,19-,21+,22-,23-/m0/s1. The molecule has 4 aliphatic rings. The van der Waals surface area contributed by atoms with Gasteiger partial charge in [-0.25, -0.2) is 0 Å². The number of hydrogen-bond donors (Lipinski definition) is 0. The van der Waals surface area contributed by atoms with Crippen LogP contribution in [-0.4, -0.2) is 29.9 Å². The Balaban J connectivity index is 1.54. The van der Waals surface area contributed by atoms with Crippen LogP contribution in [0, 0.1) is 34.5 Å². The maximum Gasteiger partial charge on any atom is 0.303 e. The molecule has 0 aromatic rings. The third-order valence-corrected chi connectivity index (χ3v) is 8.98. The van der Waals surface area contributed by atoms with E-state index in [2.05, 4.69) is 13.8 Å². The minimum Gasteiger partial charge on any atom is -0.463 e. The van der Waals surface area contributed by atoms with Crippen LogP contribution in [0.25, 0.3) is 0 Å². The molecular weight excluding hydrogens is 356 g/mol. The molecule has 156 valence electrons. The van der Waals surface area contributed by atoms with E-state index in [1.54, 1.807) is 0 Å². The first-order chi connectivity index (χ1) is 13.1. The summed E-state index contributed by atoms with van der Waals surface area (Å²) in [7, 11) is 0. The summed E-state index contributed by atoms with van der Waals surface area (Å²) in [6.45, 7) is 7.53. The molecule has 4 saturated carbocycles. The molecular formula is C23H34O5. The van der Waals surface area contributed by atoms with Gasteiger partial charge in [0.15, 0.2) is 11.9 Å². The van der Waals surface area contributed by atoms with Gasteiger partial charge in [0, 0.05) is 25.7 Å². The Morgan fingerprint density at radius 3 is 2.25 bits per heavy atom. The first kappa shape index (κ1) is 19.9. The average molecular weight is 391 g/mol. The van der Waals surface area contributed by atoms with Crippen LogP contribution in [0.5, 0.6) is 0 Å². The fourth-order valence-corrected chi connectivity index (χ4v) is 7.68. The van der Waals surface area contributed by atoms with Crippen molar-refractivity contribution in [3.8, 4) is 0 Å². The highest BCUT2D eigenvalue weighted by Crippen LogP contribution is 2.66. The van der Waals surface area contributed by atoms with Gasteiger partial charge in [-0.1, -0.05) is 13.8 Å². The second kappa shape index (κ2) is 6.84. The summed E-state index contributed by atoms with van der Waals surface area (Å²) in [4.78, 5) is 35.7. The summed E-state index contributed by atoms with van der Waals surface area (Å²) in [6, 6.07) is 0. The van der Waals surface area contributed by atoms with Gasteiger partial charge in [-0.05, 0) is 74.0 Å². The molecule has 0 aromatic heterocycles. The van der Waals surface area contributed by atoms with Crippen LogP contribution in [0.1, 0.15) is 79.1 Å². The molecule has 0 bridgehead atoms. The molecule has 5 nitrogen and oxygen atoms in total. The van der Waals surface area contributed by atoms with Gasteiger partial charge in [0.05, 0.1) is 0 Å². The predicted octanol–water partition coefficient (Wildman–Crippen LogP) is 4.07. The number of fused-ring (bicyclic) bond motifs is 5. The normalized spacial score (nSPS) is 47.5. The lowest BCUT2D eigenvalue weighted by Gasteiger charge is -2.60. The Morgan fingerprint density at radius 1 is 0.893 bits per heavy atom. The molecule has 0 amide bonds. The van der Waals surface area contributed by atoms with Gasteiger partial charge in [-0.3, -0.25) is 14.4 Å². The largest absolute Gasteiger partial charge is 0.463 e. The van der Waals surface area contributed by atoms with E-state index < -0.39 is 6.10 Å². The minimum absolute atomic E-state index is 0.0717. The molecule has 4 aliphatic carbocycles. The van der Waals surface area contributed by atoms with Crippen LogP contribution in [-0.2, 0) is 23.9 Å². The number of esters is 2. The van der Waals surface area contributed by atoms with Crippen molar-refractivity contribution in [2.75, 3.05) is 0 Å². The zero-order valence-corrected chi connectivity index (χ0v) is 17.7. The third kappa shape index (κ3) is 3.00. The lowest BCUT2D eigenvalue weighted by atomic mass is 9.45. The van der Waals surface area contributed by atoms with Crippen molar-refractivity contribution in [1.29, 1.82) is 0 Å². The van der Waals surface area contributed by atoms with Gasteiger partial charge >= 0.3 is 11.9 Å². The number of carbonyl (C=O) groups excluding carboxylic acids is 3. The molecule has 28 heavy (non-hydrogen) atoms. The van der Waals surface area contributed by atoms with Crippen molar-refractivity contribution in [1.82, 2.24) is 0 Å². The maximum atomic E-state index is 12.7. The third-order valence-electron chi connectivity index (χ3n) is 8.98. The number of rotatable bonds is 2. The van der Waals surface area contributed by atoms with Crippen LogP contribution in [0.4, 0.5) is 0 Å². The molecule has 0 unspecified atom stereocenters. The van der Waals surface area contributed by atoms with E-state index in [4.69, 9.17) is 9.47 Å². The summed E-state index contributed by atoms with van der Waals surface area (Å²) in [5, 5.41) is 0. The lowest BCUT2D eigenvalue weighted by Crippen LogP contribution is -2.55. The molecule has 0 heterocycles. The first-order valence-electron chi connectivity index (χ1n) is 11.0. The van der Waals surface area contributed by atoms with Gasteiger partial charge in [0.25, 0.3) is 0 Å². The van der Waals surface area contributed by atoms with Crippen LogP contribution >= 0.6 is 0 Å². The molecule has 4 rings (SSSR count). The minimum atomic E-state index is -0.554. The van der Waals surface area contributed by atoms with Gasteiger partial charge < -0.3 is 9.47 Å². The second-order valence-corrected chi connectivity index (χ2v) is 10.4. The molecule has 4 fully saturated rings. The van der Waals surface area contributed by atoms with E-state index in [9.17, 15) is 14.4 Å². The van der Waals surface area contributed by atoms with Crippen molar-refractivity contribution in [3.63, 3.8) is 0 Å². The highest BCUT2D eigenvalue weighted by molar-refractivity contribution is 5.89.